The third-order valence-corrected chi connectivity index (χ3v) is 4.86. The first-order valence-corrected chi connectivity index (χ1v) is 9.06. The molecule has 0 bridgehead atoms. The van der Waals surface area contributed by atoms with E-state index in [9.17, 15) is 13.2 Å². The van der Waals surface area contributed by atoms with E-state index in [0.717, 1.165) is 21.1 Å². The SMILES string of the molecule is Cc1nc(-c2ccccc2)sc1CN=C(N)Nc1ccc(OC(F)(F)F)cc1.I. The summed E-state index contributed by atoms with van der Waals surface area (Å²) in [5.41, 5.74) is 8.30. The van der Waals surface area contributed by atoms with Crippen LogP contribution in [-0.2, 0) is 6.54 Å². The molecule has 0 amide bonds. The molecule has 2 aromatic carbocycles. The molecular formula is C19H18F3IN4OS. The molecule has 3 aromatic rings. The van der Waals surface area contributed by atoms with Crippen molar-refractivity contribution >= 4 is 47.0 Å². The van der Waals surface area contributed by atoms with Gasteiger partial charge in [-0.15, -0.1) is 48.5 Å². The number of benzene rings is 2. The summed E-state index contributed by atoms with van der Waals surface area (Å²) in [6.45, 7) is 2.27. The van der Waals surface area contributed by atoms with Gasteiger partial charge in [0.2, 0.25) is 0 Å². The van der Waals surface area contributed by atoms with Crippen LogP contribution in [0.3, 0.4) is 0 Å². The van der Waals surface area contributed by atoms with E-state index in [2.05, 4.69) is 20.0 Å². The molecular weight excluding hydrogens is 516 g/mol. The van der Waals surface area contributed by atoms with Gasteiger partial charge in [0.15, 0.2) is 5.96 Å². The molecule has 154 valence electrons. The van der Waals surface area contributed by atoms with E-state index in [1.54, 1.807) is 11.3 Å². The van der Waals surface area contributed by atoms with Crippen LogP contribution in [0.25, 0.3) is 10.6 Å². The number of rotatable bonds is 5. The predicted molar refractivity (Wildman–Crippen MR) is 120 cm³/mol. The number of anilines is 1. The van der Waals surface area contributed by atoms with Crippen molar-refractivity contribution in [3.8, 4) is 16.3 Å². The molecule has 0 atom stereocenters. The molecule has 0 saturated heterocycles. The lowest BCUT2D eigenvalue weighted by molar-refractivity contribution is -0.274. The van der Waals surface area contributed by atoms with E-state index in [-0.39, 0.29) is 35.7 Å². The molecule has 1 aromatic heterocycles. The largest absolute Gasteiger partial charge is 0.573 e. The number of aryl methyl sites for hydroxylation is 1. The number of thiazole rings is 1. The zero-order valence-corrected chi connectivity index (χ0v) is 18.4. The van der Waals surface area contributed by atoms with Gasteiger partial charge in [0.25, 0.3) is 0 Å². The van der Waals surface area contributed by atoms with Crippen molar-refractivity contribution < 1.29 is 17.9 Å². The number of alkyl halides is 3. The Morgan fingerprint density at radius 2 is 1.79 bits per heavy atom. The molecule has 3 rings (SSSR count). The van der Waals surface area contributed by atoms with Gasteiger partial charge in [0, 0.05) is 16.1 Å². The van der Waals surface area contributed by atoms with Gasteiger partial charge in [-0.25, -0.2) is 9.98 Å². The molecule has 10 heteroatoms. The Morgan fingerprint density at radius 3 is 2.41 bits per heavy atom. The first kappa shape index (κ1) is 22.9. The van der Waals surface area contributed by atoms with Crippen molar-refractivity contribution in [2.75, 3.05) is 5.32 Å². The minimum atomic E-state index is -4.72. The zero-order valence-electron chi connectivity index (χ0n) is 15.2. The molecule has 0 aliphatic rings. The third-order valence-electron chi connectivity index (χ3n) is 3.67. The van der Waals surface area contributed by atoms with Crippen LogP contribution in [0.2, 0.25) is 0 Å². The second-order valence-electron chi connectivity index (χ2n) is 5.79. The number of halogens is 4. The summed E-state index contributed by atoms with van der Waals surface area (Å²) in [5.74, 6) is -0.152. The Labute approximate surface area is 186 Å². The van der Waals surface area contributed by atoms with Crippen LogP contribution in [0.1, 0.15) is 10.6 Å². The van der Waals surface area contributed by atoms with Crippen LogP contribution in [0.4, 0.5) is 18.9 Å². The molecule has 0 unspecified atom stereocenters. The number of nitrogens with zero attached hydrogens (tertiary/aromatic N) is 2. The lowest BCUT2D eigenvalue weighted by atomic mass is 10.2. The molecule has 0 saturated carbocycles. The van der Waals surface area contributed by atoms with Crippen molar-refractivity contribution in [3.63, 3.8) is 0 Å². The number of ether oxygens (including phenoxy) is 1. The Kier molecular flexibility index (Phi) is 7.85. The molecule has 0 fully saturated rings. The Morgan fingerprint density at radius 1 is 1.14 bits per heavy atom. The Balaban J connectivity index is 0.00000300. The van der Waals surface area contributed by atoms with Gasteiger partial charge in [-0.05, 0) is 31.2 Å². The fourth-order valence-corrected chi connectivity index (χ4v) is 3.36. The van der Waals surface area contributed by atoms with Crippen LogP contribution < -0.4 is 15.8 Å². The molecule has 0 aliphatic heterocycles. The van der Waals surface area contributed by atoms with E-state index in [1.807, 2.05) is 37.3 Å². The average Bonchev–Trinajstić information content (AvgIpc) is 3.02. The Bertz CT molecular complexity index is 960. The fourth-order valence-electron chi connectivity index (χ4n) is 2.36. The summed E-state index contributed by atoms with van der Waals surface area (Å²) >= 11 is 1.54. The number of aliphatic imine (C=N–C) groups is 1. The number of hydrogen-bond donors (Lipinski definition) is 2. The van der Waals surface area contributed by atoms with Crippen LogP contribution in [-0.4, -0.2) is 17.3 Å². The monoisotopic (exact) mass is 534 g/mol. The summed E-state index contributed by atoms with van der Waals surface area (Å²) in [6, 6.07) is 15.1. The first-order chi connectivity index (χ1) is 13.3. The summed E-state index contributed by atoms with van der Waals surface area (Å²) < 4.78 is 40.3. The minimum absolute atomic E-state index is 0. The van der Waals surface area contributed by atoms with Crippen molar-refractivity contribution in [2.24, 2.45) is 10.7 Å². The topological polar surface area (TPSA) is 72.5 Å². The van der Waals surface area contributed by atoms with Crippen LogP contribution in [0.5, 0.6) is 5.75 Å². The maximum atomic E-state index is 12.2. The van der Waals surface area contributed by atoms with Gasteiger partial charge >= 0.3 is 6.36 Å². The molecule has 1 heterocycles. The molecule has 0 radical (unpaired) electrons. The van der Waals surface area contributed by atoms with Crippen LogP contribution in [0, 0.1) is 6.92 Å². The van der Waals surface area contributed by atoms with Gasteiger partial charge in [-0.1, -0.05) is 30.3 Å². The van der Waals surface area contributed by atoms with Gasteiger partial charge in [-0.3, -0.25) is 0 Å². The van der Waals surface area contributed by atoms with Crippen molar-refractivity contribution in [1.82, 2.24) is 4.98 Å². The van der Waals surface area contributed by atoms with E-state index >= 15 is 0 Å². The summed E-state index contributed by atoms with van der Waals surface area (Å²) in [6.07, 6.45) is -4.72. The van der Waals surface area contributed by atoms with E-state index in [4.69, 9.17) is 5.73 Å². The maximum absolute atomic E-state index is 12.2. The number of aromatic nitrogens is 1. The lowest BCUT2D eigenvalue weighted by Crippen LogP contribution is -2.22. The molecule has 29 heavy (non-hydrogen) atoms. The standard InChI is InChI=1S/C19H17F3N4OS.HI/c1-12-16(28-17(25-12)13-5-3-2-4-6-13)11-24-18(23)26-14-7-9-15(10-8-14)27-19(20,21)22;/h2-10H,11H2,1H3,(H3,23,24,26);1H. The average molecular weight is 534 g/mol. The highest BCUT2D eigenvalue weighted by molar-refractivity contribution is 14.0. The number of nitrogens with two attached hydrogens (primary N) is 1. The van der Waals surface area contributed by atoms with Gasteiger partial charge in [-0.2, -0.15) is 0 Å². The molecule has 0 aliphatic carbocycles. The first-order valence-electron chi connectivity index (χ1n) is 8.24. The van der Waals surface area contributed by atoms with Gasteiger partial charge in [0.05, 0.1) is 12.2 Å². The van der Waals surface area contributed by atoms with Crippen LogP contribution >= 0.6 is 35.3 Å². The van der Waals surface area contributed by atoms with Gasteiger partial charge < -0.3 is 15.8 Å². The number of guanidine groups is 1. The Hall–Kier alpha value is -2.34. The quantitative estimate of drug-likeness (QED) is 0.256. The second kappa shape index (κ2) is 9.92. The van der Waals surface area contributed by atoms with E-state index < -0.39 is 6.36 Å². The fraction of sp³-hybridized carbons (Fsp3) is 0.158. The smallest absolute Gasteiger partial charge is 0.406 e. The minimum Gasteiger partial charge on any atom is -0.406 e. The predicted octanol–water partition coefficient (Wildman–Crippen LogP) is 5.56. The lowest BCUT2D eigenvalue weighted by Gasteiger charge is -2.10. The van der Waals surface area contributed by atoms with Crippen molar-refractivity contribution in [1.29, 1.82) is 0 Å². The van der Waals surface area contributed by atoms with Gasteiger partial charge in [0.1, 0.15) is 10.8 Å². The van der Waals surface area contributed by atoms with Crippen molar-refractivity contribution in [2.45, 2.75) is 19.8 Å². The highest BCUT2D eigenvalue weighted by Gasteiger charge is 2.30. The normalized spacial score (nSPS) is 11.7. The van der Waals surface area contributed by atoms with E-state index in [0.29, 0.717) is 12.2 Å². The number of nitrogens with one attached hydrogen (secondary N) is 1. The number of hydrogen-bond acceptors (Lipinski definition) is 4. The zero-order chi connectivity index (χ0) is 20.1. The highest BCUT2D eigenvalue weighted by Crippen LogP contribution is 2.28. The summed E-state index contributed by atoms with van der Waals surface area (Å²) in [4.78, 5) is 9.83. The molecule has 0 spiro atoms. The van der Waals surface area contributed by atoms with Crippen LogP contribution in [0.15, 0.2) is 59.6 Å². The molecule has 5 nitrogen and oxygen atoms in total. The second-order valence-corrected chi connectivity index (χ2v) is 6.88. The third kappa shape index (κ3) is 6.89. The highest BCUT2D eigenvalue weighted by atomic mass is 127. The van der Waals surface area contributed by atoms with E-state index in [1.165, 1.54) is 24.3 Å². The molecule has 3 N–H and O–H groups in total. The summed E-state index contributed by atoms with van der Waals surface area (Å²) in [5, 5.41) is 3.75. The maximum Gasteiger partial charge on any atom is 0.573 e. The summed E-state index contributed by atoms with van der Waals surface area (Å²) in [7, 11) is 0. The van der Waals surface area contributed by atoms with Crippen molar-refractivity contribution in [3.05, 3.63) is 65.2 Å².